The fourth-order valence-electron chi connectivity index (χ4n) is 1.70. The normalized spacial score (nSPS) is 12.9. The van der Waals surface area contributed by atoms with Crippen LogP contribution in [0.1, 0.15) is 46.5 Å². The van der Waals surface area contributed by atoms with Crippen LogP contribution in [-0.4, -0.2) is 30.4 Å². The van der Waals surface area contributed by atoms with Gasteiger partial charge in [-0.15, -0.1) is 0 Å². The maximum absolute atomic E-state index is 11.8. The lowest BCUT2D eigenvalue weighted by atomic mass is 10.0. The Morgan fingerprint density at radius 1 is 1.33 bits per heavy atom. The van der Waals surface area contributed by atoms with Gasteiger partial charge in [-0.1, -0.05) is 20.8 Å². The molecule has 0 radical (unpaired) electrons. The minimum atomic E-state index is 0.254. The van der Waals surface area contributed by atoms with Gasteiger partial charge in [0, 0.05) is 19.5 Å². The number of rotatable bonds is 7. The molecule has 0 aromatic heterocycles. The van der Waals surface area contributed by atoms with Crippen molar-refractivity contribution >= 4 is 5.91 Å². The van der Waals surface area contributed by atoms with Crippen molar-refractivity contribution in [2.75, 3.05) is 13.6 Å². The van der Waals surface area contributed by atoms with Crippen LogP contribution in [0.2, 0.25) is 0 Å². The predicted octanol–water partition coefficient (Wildman–Crippen LogP) is 2.01. The van der Waals surface area contributed by atoms with Gasteiger partial charge < -0.3 is 10.6 Å². The molecule has 3 nitrogen and oxygen atoms in total. The maximum atomic E-state index is 11.8. The number of nitrogens with two attached hydrogens (primary N) is 1. The van der Waals surface area contributed by atoms with Gasteiger partial charge in [-0.05, 0) is 31.7 Å². The molecule has 0 aliphatic heterocycles. The Morgan fingerprint density at radius 3 is 2.27 bits per heavy atom. The van der Waals surface area contributed by atoms with Crippen molar-refractivity contribution in [1.82, 2.24) is 4.90 Å². The molecule has 3 heteroatoms. The molecule has 0 aliphatic carbocycles. The van der Waals surface area contributed by atoms with Crippen molar-refractivity contribution in [2.45, 2.75) is 52.5 Å². The Morgan fingerprint density at radius 2 is 1.87 bits per heavy atom. The number of carbonyl (C=O) groups excluding carboxylic acids is 1. The largest absolute Gasteiger partial charge is 0.343 e. The van der Waals surface area contributed by atoms with Crippen molar-refractivity contribution < 1.29 is 4.79 Å². The minimum Gasteiger partial charge on any atom is -0.343 e. The van der Waals surface area contributed by atoms with Crippen LogP contribution in [0, 0.1) is 5.92 Å². The van der Waals surface area contributed by atoms with Crippen molar-refractivity contribution in [3.05, 3.63) is 0 Å². The van der Waals surface area contributed by atoms with E-state index in [1.54, 1.807) is 0 Å². The van der Waals surface area contributed by atoms with Crippen LogP contribution in [-0.2, 0) is 4.79 Å². The molecule has 0 fully saturated rings. The zero-order valence-corrected chi connectivity index (χ0v) is 10.6. The lowest BCUT2D eigenvalue weighted by Gasteiger charge is -2.26. The summed E-state index contributed by atoms with van der Waals surface area (Å²) in [5, 5.41) is 0. The molecule has 0 heterocycles. The molecule has 1 amide bonds. The lowest BCUT2D eigenvalue weighted by Crippen LogP contribution is -2.36. The molecule has 0 saturated heterocycles. The van der Waals surface area contributed by atoms with Gasteiger partial charge in [-0.3, -0.25) is 4.79 Å². The second-order valence-corrected chi connectivity index (χ2v) is 4.35. The van der Waals surface area contributed by atoms with E-state index < -0.39 is 0 Å². The van der Waals surface area contributed by atoms with Gasteiger partial charge in [0.25, 0.3) is 0 Å². The van der Waals surface area contributed by atoms with E-state index in [4.69, 9.17) is 5.73 Å². The third kappa shape index (κ3) is 5.17. The number of nitrogens with zero attached hydrogens (tertiary/aromatic N) is 1. The van der Waals surface area contributed by atoms with Crippen LogP contribution in [0.4, 0.5) is 0 Å². The highest BCUT2D eigenvalue weighted by Gasteiger charge is 2.16. The second kappa shape index (κ2) is 7.69. The van der Waals surface area contributed by atoms with Crippen molar-refractivity contribution in [3.63, 3.8) is 0 Å². The summed E-state index contributed by atoms with van der Waals surface area (Å²) in [6.07, 6.45) is 3.60. The SMILES string of the molecule is CCC(CC)N(C)C(=O)CCC(C)CN. The first kappa shape index (κ1) is 14.4. The Balaban J connectivity index is 3.97. The molecule has 0 aromatic carbocycles. The van der Waals surface area contributed by atoms with Crippen LogP contribution < -0.4 is 5.73 Å². The van der Waals surface area contributed by atoms with Gasteiger partial charge in [0.15, 0.2) is 0 Å². The minimum absolute atomic E-state index is 0.254. The third-order valence-corrected chi connectivity index (χ3v) is 3.14. The number of carbonyl (C=O) groups is 1. The summed E-state index contributed by atoms with van der Waals surface area (Å²) >= 11 is 0. The maximum Gasteiger partial charge on any atom is 0.222 e. The summed E-state index contributed by atoms with van der Waals surface area (Å²) in [6, 6.07) is 0.394. The van der Waals surface area contributed by atoms with Crippen molar-refractivity contribution in [2.24, 2.45) is 11.7 Å². The highest BCUT2D eigenvalue weighted by Crippen LogP contribution is 2.11. The van der Waals surface area contributed by atoms with Crippen LogP contribution >= 0.6 is 0 Å². The third-order valence-electron chi connectivity index (χ3n) is 3.14. The van der Waals surface area contributed by atoms with Gasteiger partial charge in [0.05, 0.1) is 0 Å². The summed E-state index contributed by atoms with van der Waals surface area (Å²) in [4.78, 5) is 13.7. The first-order valence-corrected chi connectivity index (χ1v) is 6.02. The van der Waals surface area contributed by atoms with E-state index in [0.717, 1.165) is 19.3 Å². The van der Waals surface area contributed by atoms with Gasteiger partial charge in [0.2, 0.25) is 5.91 Å². The van der Waals surface area contributed by atoms with Crippen LogP contribution in [0.25, 0.3) is 0 Å². The van der Waals surface area contributed by atoms with Gasteiger partial charge in [-0.25, -0.2) is 0 Å². The van der Waals surface area contributed by atoms with E-state index in [9.17, 15) is 4.79 Å². The van der Waals surface area contributed by atoms with Crippen LogP contribution in [0.5, 0.6) is 0 Å². The number of hydrogen-bond donors (Lipinski definition) is 1. The number of amides is 1. The van der Waals surface area contributed by atoms with Gasteiger partial charge in [-0.2, -0.15) is 0 Å². The fraction of sp³-hybridized carbons (Fsp3) is 0.917. The zero-order valence-electron chi connectivity index (χ0n) is 10.6. The second-order valence-electron chi connectivity index (χ2n) is 4.35. The molecule has 0 bridgehead atoms. The van der Waals surface area contributed by atoms with Crippen molar-refractivity contribution in [3.8, 4) is 0 Å². The molecule has 0 rings (SSSR count). The molecule has 0 spiro atoms. The molecule has 0 saturated carbocycles. The van der Waals surface area contributed by atoms with Gasteiger partial charge in [0.1, 0.15) is 0 Å². The highest BCUT2D eigenvalue weighted by atomic mass is 16.2. The monoisotopic (exact) mass is 214 g/mol. The van der Waals surface area contributed by atoms with Crippen LogP contribution in [0.15, 0.2) is 0 Å². The van der Waals surface area contributed by atoms with E-state index in [1.807, 2.05) is 11.9 Å². The Bertz CT molecular complexity index is 178. The van der Waals surface area contributed by atoms with E-state index in [2.05, 4.69) is 20.8 Å². The first-order valence-electron chi connectivity index (χ1n) is 6.02. The fourth-order valence-corrected chi connectivity index (χ4v) is 1.70. The molecular weight excluding hydrogens is 188 g/mol. The Labute approximate surface area is 94.0 Å². The quantitative estimate of drug-likeness (QED) is 0.704. The summed E-state index contributed by atoms with van der Waals surface area (Å²) in [7, 11) is 1.91. The Hall–Kier alpha value is -0.570. The molecule has 1 unspecified atom stereocenters. The highest BCUT2D eigenvalue weighted by molar-refractivity contribution is 5.76. The van der Waals surface area contributed by atoms with E-state index in [-0.39, 0.29) is 5.91 Å². The summed E-state index contributed by atoms with van der Waals surface area (Å²) in [6.45, 7) is 7.01. The van der Waals surface area contributed by atoms with Crippen LogP contribution in [0.3, 0.4) is 0 Å². The van der Waals surface area contributed by atoms with E-state index in [0.29, 0.717) is 24.9 Å². The Kier molecular flexibility index (Phi) is 7.39. The van der Waals surface area contributed by atoms with Gasteiger partial charge >= 0.3 is 0 Å². The summed E-state index contributed by atoms with van der Waals surface area (Å²) < 4.78 is 0. The van der Waals surface area contributed by atoms with Crippen molar-refractivity contribution in [1.29, 1.82) is 0 Å². The van der Waals surface area contributed by atoms with E-state index >= 15 is 0 Å². The molecule has 90 valence electrons. The zero-order chi connectivity index (χ0) is 11.8. The first-order chi connectivity index (χ1) is 7.06. The molecular formula is C12H26N2O. The summed E-state index contributed by atoms with van der Waals surface area (Å²) in [5.74, 6) is 0.702. The predicted molar refractivity (Wildman–Crippen MR) is 64.6 cm³/mol. The average molecular weight is 214 g/mol. The topological polar surface area (TPSA) is 46.3 Å². The molecule has 0 aliphatic rings. The molecule has 1 atom stereocenters. The summed E-state index contributed by atoms with van der Waals surface area (Å²) in [5.41, 5.74) is 5.52. The lowest BCUT2D eigenvalue weighted by molar-refractivity contribution is -0.132. The average Bonchev–Trinajstić information content (AvgIpc) is 2.26. The molecule has 0 aromatic rings. The number of hydrogen-bond acceptors (Lipinski definition) is 2. The molecule has 15 heavy (non-hydrogen) atoms. The molecule has 2 N–H and O–H groups in total. The van der Waals surface area contributed by atoms with E-state index in [1.165, 1.54) is 0 Å². The standard InChI is InChI=1S/C12H26N2O/c1-5-11(6-2)14(4)12(15)8-7-10(3)9-13/h10-11H,5-9,13H2,1-4H3. The smallest absolute Gasteiger partial charge is 0.222 e.